The summed E-state index contributed by atoms with van der Waals surface area (Å²) >= 11 is 1.58. The van der Waals surface area contributed by atoms with Crippen LogP contribution >= 0.6 is 11.3 Å². The van der Waals surface area contributed by atoms with Gasteiger partial charge in [0.05, 0.1) is 5.38 Å². The molecule has 2 rings (SSSR count). The third-order valence-corrected chi connectivity index (χ3v) is 2.15. The van der Waals surface area contributed by atoms with Crippen LogP contribution in [0.2, 0.25) is 0 Å². The standard InChI is InChI=1S/C9H5S/c1-7-2-3-9-8(6-7)4-5-10-9/h2-3H,1H3. The van der Waals surface area contributed by atoms with Gasteiger partial charge in [0.25, 0.3) is 0 Å². The van der Waals surface area contributed by atoms with E-state index in [1.54, 1.807) is 11.3 Å². The zero-order valence-electron chi connectivity index (χ0n) is 5.56. The van der Waals surface area contributed by atoms with Crippen LogP contribution < -0.4 is 0 Å². The van der Waals surface area contributed by atoms with Gasteiger partial charge in [-0.15, -0.1) is 11.3 Å². The molecule has 1 heterocycles. The van der Waals surface area contributed by atoms with E-state index in [-0.39, 0.29) is 0 Å². The van der Waals surface area contributed by atoms with Crippen molar-refractivity contribution in [1.82, 2.24) is 0 Å². The zero-order valence-corrected chi connectivity index (χ0v) is 6.38. The Morgan fingerprint density at radius 1 is 1.40 bits per heavy atom. The predicted octanol–water partition coefficient (Wildman–Crippen LogP) is 2.61. The number of fused-ring (bicyclic) bond motifs is 1. The maximum atomic E-state index is 3.19. The van der Waals surface area contributed by atoms with Gasteiger partial charge in [0.15, 0.2) is 0 Å². The summed E-state index contributed by atoms with van der Waals surface area (Å²) in [5.41, 5.74) is 1.16. The fourth-order valence-corrected chi connectivity index (χ4v) is 1.50. The third kappa shape index (κ3) is 0.830. The summed E-state index contributed by atoms with van der Waals surface area (Å²) in [4.78, 5) is 0. The Labute approximate surface area is 64.1 Å². The molecule has 47 valence electrons. The molecule has 0 aliphatic rings. The highest BCUT2D eigenvalue weighted by atomic mass is 32.1. The second kappa shape index (κ2) is 2.10. The summed E-state index contributed by atoms with van der Waals surface area (Å²) in [5, 5.41) is 4.01. The van der Waals surface area contributed by atoms with Gasteiger partial charge >= 0.3 is 0 Å². The van der Waals surface area contributed by atoms with Gasteiger partial charge in [-0.1, -0.05) is 6.07 Å². The quantitative estimate of drug-likeness (QED) is 0.534. The van der Waals surface area contributed by atoms with Crippen LogP contribution in [0.15, 0.2) is 12.1 Å². The Morgan fingerprint density at radius 3 is 3.20 bits per heavy atom. The third-order valence-electron chi connectivity index (χ3n) is 1.39. The molecule has 0 saturated heterocycles. The van der Waals surface area contributed by atoms with Gasteiger partial charge in [0.1, 0.15) is 0 Å². The number of rotatable bonds is 0. The van der Waals surface area contributed by atoms with E-state index in [4.69, 9.17) is 0 Å². The van der Waals surface area contributed by atoms with Crippen LogP contribution in [-0.4, -0.2) is 0 Å². The van der Waals surface area contributed by atoms with E-state index < -0.39 is 0 Å². The number of thiophene rings is 1. The van der Waals surface area contributed by atoms with Crippen LogP contribution in [0.3, 0.4) is 0 Å². The van der Waals surface area contributed by atoms with Gasteiger partial charge in [-0.25, -0.2) is 0 Å². The number of aryl methyl sites for hydroxylation is 1. The summed E-state index contributed by atoms with van der Waals surface area (Å²) in [7, 11) is 0. The molecule has 0 saturated carbocycles. The van der Waals surface area contributed by atoms with E-state index in [0.29, 0.717) is 0 Å². The lowest BCUT2D eigenvalue weighted by Gasteiger charge is -1.88. The van der Waals surface area contributed by atoms with Gasteiger partial charge in [0.2, 0.25) is 0 Å². The summed E-state index contributed by atoms with van der Waals surface area (Å²) in [6.07, 6.45) is 0. The Morgan fingerprint density at radius 2 is 2.30 bits per heavy atom. The highest BCUT2D eigenvalue weighted by Gasteiger charge is 1.93. The Kier molecular flexibility index (Phi) is 1.24. The fourth-order valence-electron chi connectivity index (χ4n) is 0.894. The van der Waals surface area contributed by atoms with Crippen molar-refractivity contribution in [1.29, 1.82) is 0 Å². The van der Waals surface area contributed by atoms with Crippen molar-refractivity contribution in [2.45, 2.75) is 6.92 Å². The molecule has 0 unspecified atom stereocenters. The highest BCUT2D eigenvalue weighted by Crippen LogP contribution is 2.19. The van der Waals surface area contributed by atoms with E-state index in [9.17, 15) is 0 Å². The molecule has 10 heavy (non-hydrogen) atoms. The van der Waals surface area contributed by atoms with Crippen LogP contribution in [0.1, 0.15) is 5.56 Å². The van der Waals surface area contributed by atoms with Gasteiger partial charge in [0, 0.05) is 16.2 Å². The van der Waals surface area contributed by atoms with Crippen molar-refractivity contribution in [2.24, 2.45) is 0 Å². The monoisotopic (exact) mass is 145 g/mol. The molecule has 0 aliphatic carbocycles. The predicted molar refractivity (Wildman–Crippen MR) is 43.1 cm³/mol. The zero-order chi connectivity index (χ0) is 6.97. The molecule has 1 aromatic carbocycles. The molecule has 0 amide bonds. The van der Waals surface area contributed by atoms with Gasteiger partial charge in [-0.2, -0.15) is 0 Å². The van der Waals surface area contributed by atoms with Crippen molar-refractivity contribution in [3.63, 3.8) is 0 Å². The van der Waals surface area contributed by atoms with E-state index in [1.807, 2.05) is 6.92 Å². The molecule has 2 aromatic rings. The van der Waals surface area contributed by atoms with Crippen LogP contribution in [0, 0.1) is 24.4 Å². The molecule has 1 aromatic heterocycles. The van der Waals surface area contributed by atoms with E-state index in [1.165, 1.54) is 4.70 Å². The summed E-state index contributed by atoms with van der Waals surface area (Å²) in [5.74, 6) is 0. The highest BCUT2D eigenvalue weighted by molar-refractivity contribution is 7.16. The summed E-state index contributed by atoms with van der Waals surface area (Å²) in [6.45, 7) is 2.03. The van der Waals surface area contributed by atoms with Crippen molar-refractivity contribution in [3.8, 4) is 0 Å². The Bertz CT molecular complexity index is 346. The first-order valence-electron chi connectivity index (χ1n) is 3.07. The van der Waals surface area contributed by atoms with E-state index >= 15 is 0 Å². The molecule has 3 radical (unpaired) electrons. The van der Waals surface area contributed by atoms with Gasteiger partial charge in [-0.3, -0.25) is 0 Å². The summed E-state index contributed by atoms with van der Waals surface area (Å²) < 4.78 is 1.21. The first-order chi connectivity index (χ1) is 4.86. The largest absolute Gasteiger partial charge is 0.134 e. The molecule has 0 aliphatic heterocycles. The Balaban J connectivity index is 2.86. The fraction of sp³-hybridized carbons (Fsp3) is 0.111. The lowest BCUT2D eigenvalue weighted by molar-refractivity contribution is 1.50. The normalized spacial score (nSPS) is 10.5. The molecule has 0 fully saturated rings. The van der Waals surface area contributed by atoms with Crippen LogP contribution in [0.5, 0.6) is 0 Å². The van der Waals surface area contributed by atoms with E-state index in [0.717, 1.165) is 10.9 Å². The first-order valence-corrected chi connectivity index (χ1v) is 3.89. The van der Waals surface area contributed by atoms with Gasteiger partial charge < -0.3 is 0 Å². The lowest BCUT2D eigenvalue weighted by atomic mass is 10.2. The van der Waals surface area contributed by atoms with E-state index in [2.05, 4.69) is 29.6 Å². The summed E-state index contributed by atoms with van der Waals surface area (Å²) in [6, 6.07) is 10.3. The van der Waals surface area contributed by atoms with Crippen LogP contribution in [0.4, 0.5) is 0 Å². The average molecular weight is 145 g/mol. The molecular weight excluding hydrogens is 140 g/mol. The Hall–Kier alpha value is -0.820. The minimum Gasteiger partial charge on any atom is -0.134 e. The van der Waals surface area contributed by atoms with Crippen molar-refractivity contribution in [3.05, 3.63) is 35.2 Å². The minimum absolute atomic E-state index is 1.06. The van der Waals surface area contributed by atoms with Crippen LogP contribution in [-0.2, 0) is 0 Å². The molecule has 0 atom stereocenters. The molecular formula is C9H5S. The number of benzene rings is 1. The smallest absolute Gasteiger partial charge is 0.0541 e. The second-order valence-corrected chi connectivity index (χ2v) is 3.06. The first kappa shape index (κ1) is 5.93. The van der Waals surface area contributed by atoms with Crippen molar-refractivity contribution >= 4 is 21.4 Å². The van der Waals surface area contributed by atoms with Crippen LogP contribution in [0.25, 0.3) is 10.1 Å². The lowest BCUT2D eigenvalue weighted by Crippen LogP contribution is -1.68. The molecule has 1 heteroatoms. The van der Waals surface area contributed by atoms with Crippen molar-refractivity contribution in [2.75, 3.05) is 0 Å². The van der Waals surface area contributed by atoms with Gasteiger partial charge in [-0.05, 0) is 24.6 Å². The molecule has 0 bridgehead atoms. The SMILES string of the molecule is Cc1[c]c2[c][c]sc2cc1. The number of hydrogen-bond donors (Lipinski definition) is 0. The van der Waals surface area contributed by atoms with Crippen molar-refractivity contribution < 1.29 is 0 Å². The molecule has 0 nitrogen and oxygen atoms in total. The molecule has 0 spiro atoms. The molecule has 0 N–H and O–H groups in total. The number of hydrogen-bond acceptors (Lipinski definition) is 1. The second-order valence-electron chi connectivity index (χ2n) is 2.21. The minimum atomic E-state index is 1.06. The maximum Gasteiger partial charge on any atom is 0.0541 e. The maximum absolute atomic E-state index is 3.19. The average Bonchev–Trinajstić information content (AvgIpc) is 2.33. The topological polar surface area (TPSA) is 0 Å².